The van der Waals surface area contributed by atoms with Gasteiger partial charge in [-0.25, -0.2) is 22.9 Å². The molecule has 1 unspecified atom stereocenters. The summed E-state index contributed by atoms with van der Waals surface area (Å²) < 4.78 is 27.1. The molecule has 0 saturated heterocycles. The second-order valence-electron chi connectivity index (χ2n) is 6.62. The highest BCUT2D eigenvalue weighted by atomic mass is 32.2. The maximum atomic E-state index is 12.7. The summed E-state index contributed by atoms with van der Waals surface area (Å²) in [5.74, 6) is -0.149. The molecule has 7 heteroatoms. The van der Waals surface area contributed by atoms with Gasteiger partial charge in [0.1, 0.15) is 0 Å². The van der Waals surface area contributed by atoms with Crippen LogP contribution in [-0.2, 0) is 10.0 Å². The average Bonchev–Trinajstić information content (AvgIpc) is 3.21. The van der Waals surface area contributed by atoms with Gasteiger partial charge in [-0.15, -0.1) is 0 Å². The Morgan fingerprint density at radius 1 is 0.862 bits per heavy atom. The number of sulfonamides is 1. The Hall–Kier alpha value is -3.45. The van der Waals surface area contributed by atoms with E-state index in [2.05, 4.69) is 9.82 Å². The molecule has 2 amide bonds. The number of rotatable bonds is 4. The van der Waals surface area contributed by atoms with Gasteiger partial charge in [-0.05, 0) is 23.3 Å². The number of hydrogen-bond acceptors (Lipinski definition) is 4. The first-order chi connectivity index (χ1) is 14.0. The largest absolute Gasteiger partial charge is 0.351 e. The molecule has 0 fully saturated rings. The van der Waals surface area contributed by atoms with Gasteiger partial charge in [0.05, 0.1) is 17.2 Å². The van der Waals surface area contributed by atoms with Gasteiger partial charge < -0.3 is 0 Å². The number of nitrogens with zero attached hydrogens (tertiary/aromatic N) is 2. The van der Waals surface area contributed by atoms with Gasteiger partial charge in [-0.1, -0.05) is 78.9 Å². The van der Waals surface area contributed by atoms with Gasteiger partial charge in [0, 0.05) is 5.92 Å². The molecule has 0 saturated carbocycles. The molecule has 6 nitrogen and oxygen atoms in total. The van der Waals surface area contributed by atoms with Crippen molar-refractivity contribution in [3.05, 3.63) is 102 Å². The molecule has 4 rings (SSSR count). The molecular formula is C22H19N3O3S. The lowest BCUT2D eigenvalue weighted by atomic mass is 9.91. The van der Waals surface area contributed by atoms with Crippen LogP contribution in [0.15, 0.2) is 101 Å². The lowest BCUT2D eigenvalue weighted by Crippen LogP contribution is -2.39. The molecule has 146 valence electrons. The van der Waals surface area contributed by atoms with Crippen LogP contribution in [0.25, 0.3) is 0 Å². The van der Waals surface area contributed by atoms with E-state index in [0.717, 1.165) is 16.8 Å². The first kappa shape index (κ1) is 18.9. The fraction of sp³-hybridized carbons (Fsp3) is 0.0909. The molecule has 1 aliphatic heterocycles. The molecule has 29 heavy (non-hydrogen) atoms. The molecule has 0 spiro atoms. The first-order valence-corrected chi connectivity index (χ1v) is 10.6. The van der Waals surface area contributed by atoms with Crippen LogP contribution in [0.5, 0.6) is 0 Å². The van der Waals surface area contributed by atoms with E-state index >= 15 is 0 Å². The number of urea groups is 1. The maximum Gasteiger partial charge on any atom is 0.351 e. The minimum Gasteiger partial charge on any atom is -0.246 e. The molecule has 0 aromatic heterocycles. The topological polar surface area (TPSA) is 78.8 Å². The second kappa shape index (κ2) is 7.89. The standard InChI is InChI=1S/C22H19N3O3S/c26-22(24-29(27,28)19-14-8-3-9-15-19)25-16-20(17-10-4-1-5-11-17)21(23-25)18-12-6-2-7-13-18/h1-15,20H,16H2,(H,24,26). The first-order valence-electron chi connectivity index (χ1n) is 9.13. The zero-order valence-electron chi connectivity index (χ0n) is 15.5. The molecule has 3 aromatic carbocycles. The Kier molecular flexibility index (Phi) is 5.14. The Balaban J connectivity index is 1.63. The zero-order chi connectivity index (χ0) is 20.3. The summed E-state index contributed by atoms with van der Waals surface area (Å²) in [5, 5.41) is 5.65. The van der Waals surface area contributed by atoms with Crippen molar-refractivity contribution in [2.45, 2.75) is 10.8 Å². The van der Waals surface area contributed by atoms with E-state index in [9.17, 15) is 13.2 Å². The molecule has 1 N–H and O–H groups in total. The molecule has 0 radical (unpaired) electrons. The van der Waals surface area contributed by atoms with Gasteiger partial charge in [-0.3, -0.25) is 0 Å². The van der Waals surface area contributed by atoms with Crippen molar-refractivity contribution in [2.24, 2.45) is 5.10 Å². The van der Waals surface area contributed by atoms with E-state index in [1.807, 2.05) is 60.7 Å². The van der Waals surface area contributed by atoms with Gasteiger partial charge in [0.2, 0.25) is 0 Å². The molecule has 3 aromatic rings. The van der Waals surface area contributed by atoms with E-state index < -0.39 is 16.1 Å². The van der Waals surface area contributed by atoms with Crippen LogP contribution >= 0.6 is 0 Å². The number of hydrogen-bond donors (Lipinski definition) is 1. The molecule has 0 bridgehead atoms. The van der Waals surface area contributed by atoms with Crippen LogP contribution < -0.4 is 4.72 Å². The van der Waals surface area contributed by atoms with E-state index in [-0.39, 0.29) is 17.4 Å². The normalized spacial score (nSPS) is 16.3. The predicted molar refractivity (Wildman–Crippen MR) is 111 cm³/mol. The SMILES string of the molecule is O=C(NS(=O)(=O)c1ccccc1)N1CC(c2ccccc2)C(c2ccccc2)=N1. The molecule has 1 aliphatic rings. The molecule has 1 heterocycles. The molecule has 1 atom stereocenters. The summed E-state index contributed by atoms with van der Waals surface area (Å²) in [6.07, 6.45) is 0. The third kappa shape index (κ3) is 4.05. The summed E-state index contributed by atoms with van der Waals surface area (Å²) in [6.45, 7) is 0.254. The van der Waals surface area contributed by atoms with Crippen LogP contribution in [0.1, 0.15) is 17.0 Å². The third-order valence-electron chi connectivity index (χ3n) is 4.70. The lowest BCUT2D eigenvalue weighted by Gasteiger charge is -2.16. The van der Waals surface area contributed by atoms with Crippen LogP contribution in [0, 0.1) is 0 Å². The summed E-state index contributed by atoms with van der Waals surface area (Å²) >= 11 is 0. The van der Waals surface area contributed by atoms with Gasteiger partial charge in [0.25, 0.3) is 10.0 Å². The number of amides is 2. The van der Waals surface area contributed by atoms with Crippen LogP contribution in [0.3, 0.4) is 0 Å². The van der Waals surface area contributed by atoms with Crippen molar-refractivity contribution in [3.63, 3.8) is 0 Å². The Labute approximate surface area is 169 Å². The van der Waals surface area contributed by atoms with Crippen molar-refractivity contribution < 1.29 is 13.2 Å². The Morgan fingerprint density at radius 2 is 1.41 bits per heavy atom. The molecule has 0 aliphatic carbocycles. The number of nitrogens with one attached hydrogen (secondary N) is 1. The Bertz CT molecular complexity index is 1130. The summed E-state index contributed by atoms with van der Waals surface area (Å²) in [4.78, 5) is 12.7. The fourth-order valence-corrected chi connectivity index (χ4v) is 4.24. The number of hydrazone groups is 1. The van der Waals surface area contributed by atoms with Crippen molar-refractivity contribution in [1.82, 2.24) is 9.73 Å². The van der Waals surface area contributed by atoms with Crippen molar-refractivity contribution in [1.29, 1.82) is 0 Å². The van der Waals surface area contributed by atoms with E-state index in [1.54, 1.807) is 18.2 Å². The van der Waals surface area contributed by atoms with Crippen LogP contribution in [0.4, 0.5) is 4.79 Å². The quantitative estimate of drug-likeness (QED) is 0.720. The minimum absolute atomic E-state index is 0.0272. The predicted octanol–water partition coefficient (Wildman–Crippen LogP) is 3.59. The summed E-state index contributed by atoms with van der Waals surface area (Å²) in [5.41, 5.74) is 2.63. The van der Waals surface area contributed by atoms with Gasteiger partial charge >= 0.3 is 6.03 Å². The summed E-state index contributed by atoms with van der Waals surface area (Å²) in [6, 6.07) is 26.3. The van der Waals surface area contributed by atoms with E-state index in [0.29, 0.717) is 0 Å². The van der Waals surface area contributed by atoms with Gasteiger partial charge in [0.15, 0.2) is 0 Å². The van der Waals surface area contributed by atoms with Crippen LogP contribution in [0.2, 0.25) is 0 Å². The number of carbonyl (C=O) groups is 1. The highest BCUT2D eigenvalue weighted by molar-refractivity contribution is 7.90. The average molecular weight is 405 g/mol. The Morgan fingerprint density at radius 3 is 2.03 bits per heavy atom. The van der Waals surface area contributed by atoms with Crippen molar-refractivity contribution in [3.8, 4) is 0 Å². The molecular weight excluding hydrogens is 386 g/mol. The number of benzene rings is 3. The fourth-order valence-electron chi connectivity index (χ4n) is 3.27. The van der Waals surface area contributed by atoms with E-state index in [1.165, 1.54) is 17.1 Å². The van der Waals surface area contributed by atoms with Crippen molar-refractivity contribution >= 4 is 21.8 Å². The minimum atomic E-state index is -3.97. The smallest absolute Gasteiger partial charge is 0.246 e. The lowest BCUT2D eigenvalue weighted by molar-refractivity contribution is 0.210. The van der Waals surface area contributed by atoms with Gasteiger partial charge in [-0.2, -0.15) is 5.10 Å². The maximum absolute atomic E-state index is 12.7. The monoisotopic (exact) mass is 405 g/mol. The summed E-state index contributed by atoms with van der Waals surface area (Å²) in [7, 11) is -3.97. The third-order valence-corrected chi connectivity index (χ3v) is 6.03. The highest BCUT2D eigenvalue weighted by Gasteiger charge is 2.33. The van der Waals surface area contributed by atoms with Crippen LogP contribution in [-0.4, -0.2) is 31.7 Å². The highest BCUT2D eigenvalue weighted by Crippen LogP contribution is 2.28. The zero-order valence-corrected chi connectivity index (χ0v) is 16.3. The number of carbonyl (C=O) groups excluding carboxylic acids is 1. The van der Waals surface area contributed by atoms with E-state index in [4.69, 9.17) is 0 Å². The second-order valence-corrected chi connectivity index (χ2v) is 8.30. The van der Waals surface area contributed by atoms with Crippen molar-refractivity contribution in [2.75, 3.05) is 6.54 Å².